The van der Waals surface area contributed by atoms with Gasteiger partial charge in [-0.3, -0.25) is 4.90 Å². The third-order valence-electron chi connectivity index (χ3n) is 4.84. The lowest BCUT2D eigenvalue weighted by molar-refractivity contribution is 0.175. The molecule has 2 saturated heterocycles. The van der Waals surface area contributed by atoms with Gasteiger partial charge in [-0.15, -0.1) is 0 Å². The summed E-state index contributed by atoms with van der Waals surface area (Å²) >= 11 is 3.71. The molecule has 116 valence electrons. The lowest BCUT2D eigenvalue weighted by Gasteiger charge is -2.32. The molecule has 1 aromatic rings. The summed E-state index contributed by atoms with van der Waals surface area (Å²) in [6.07, 6.45) is 5.52. The van der Waals surface area contributed by atoms with Gasteiger partial charge in [0.25, 0.3) is 0 Å². The maximum atomic E-state index is 3.71. The summed E-state index contributed by atoms with van der Waals surface area (Å²) in [5, 5.41) is 3.21. The molecule has 0 aliphatic carbocycles. The van der Waals surface area contributed by atoms with E-state index >= 15 is 0 Å². The van der Waals surface area contributed by atoms with Crippen molar-refractivity contribution in [3.05, 3.63) is 28.2 Å². The third-order valence-corrected chi connectivity index (χ3v) is 5.58. The van der Waals surface area contributed by atoms with Crippen LogP contribution < -0.4 is 10.2 Å². The lowest BCUT2D eigenvalue weighted by atomic mass is 10.1. The molecule has 1 atom stereocenters. The van der Waals surface area contributed by atoms with E-state index in [9.17, 15) is 0 Å². The Kier molecular flexibility index (Phi) is 5.19. The first-order valence-corrected chi connectivity index (χ1v) is 8.99. The molecule has 0 amide bonds. The summed E-state index contributed by atoms with van der Waals surface area (Å²) in [6, 6.07) is 7.56. The van der Waals surface area contributed by atoms with Crippen LogP contribution in [-0.2, 0) is 6.54 Å². The summed E-state index contributed by atoms with van der Waals surface area (Å²) in [6.45, 7) is 5.92. The molecule has 2 fully saturated rings. The third kappa shape index (κ3) is 3.61. The smallest absolute Gasteiger partial charge is 0.0378 e. The largest absolute Gasteiger partial charge is 0.370 e. The zero-order valence-electron chi connectivity index (χ0n) is 12.9. The van der Waals surface area contributed by atoms with E-state index in [1.54, 1.807) is 0 Å². The maximum Gasteiger partial charge on any atom is 0.0378 e. The molecule has 0 saturated carbocycles. The van der Waals surface area contributed by atoms with Gasteiger partial charge in [-0.25, -0.2) is 0 Å². The minimum Gasteiger partial charge on any atom is -0.370 e. The maximum absolute atomic E-state index is 3.71. The highest BCUT2D eigenvalue weighted by atomic mass is 79.9. The SMILES string of the molecule is CNCc1ccc(N2CCC(N3CCCCC3)C2)cc1Br. The molecule has 0 radical (unpaired) electrons. The Balaban J connectivity index is 1.64. The van der Waals surface area contributed by atoms with Gasteiger partial charge in [-0.1, -0.05) is 28.4 Å². The first-order chi connectivity index (χ1) is 10.3. The van der Waals surface area contributed by atoms with E-state index < -0.39 is 0 Å². The van der Waals surface area contributed by atoms with E-state index in [-0.39, 0.29) is 0 Å². The van der Waals surface area contributed by atoms with Crippen molar-refractivity contribution >= 4 is 21.6 Å². The van der Waals surface area contributed by atoms with Crippen molar-refractivity contribution in [1.29, 1.82) is 0 Å². The molecule has 0 bridgehead atoms. The Morgan fingerprint density at radius 2 is 2.00 bits per heavy atom. The Morgan fingerprint density at radius 3 is 2.71 bits per heavy atom. The second-order valence-electron chi connectivity index (χ2n) is 6.29. The number of anilines is 1. The molecule has 0 aromatic heterocycles. The van der Waals surface area contributed by atoms with Crippen LogP contribution in [0.3, 0.4) is 0 Å². The topological polar surface area (TPSA) is 18.5 Å². The van der Waals surface area contributed by atoms with Crippen LogP contribution in [0.2, 0.25) is 0 Å². The number of benzene rings is 1. The highest BCUT2D eigenvalue weighted by Gasteiger charge is 2.28. The number of halogens is 1. The molecule has 3 nitrogen and oxygen atoms in total. The average Bonchev–Trinajstić information content (AvgIpc) is 3.00. The Labute approximate surface area is 136 Å². The second-order valence-corrected chi connectivity index (χ2v) is 7.15. The van der Waals surface area contributed by atoms with E-state index in [4.69, 9.17) is 0 Å². The summed E-state index contributed by atoms with van der Waals surface area (Å²) in [5.41, 5.74) is 2.69. The van der Waals surface area contributed by atoms with E-state index in [1.807, 2.05) is 7.05 Å². The van der Waals surface area contributed by atoms with Crippen molar-refractivity contribution < 1.29 is 0 Å². The van der Waals surface area contributed by atoms with Crippen LogP contribution in [0.25, 0.3) is 0 Å². The Hall–Kier alpha value is -0.580. The van der Waals surface area contributed by atoms with E-state index in [1.165, 1.54) is 67.6 Å². The number of hydrogen-bond donors (Lipinski definition) is 1. The van der Waals surface area contributed by atoms with Crippen LogP contribution in [0.5, 0.6) is 0 Å². The predicted molar refractivity (Wildman–Crippen MR) is 92.9 cm³/mol. The van der Waals surface area contributed by atoms with Crippen molar-refractivity contribution in [3.63, 3.8) is 0 Å². The van der Waals surface area contributed by atoms with Gasteiger partial charge < -0.3 is 10.2 Å². The normalized spacial score (nSPS) is 23.7. The number of likely N-dealkylation sites (tertiary alicyclic amines) is 1. The molecule has 2 heterocycles. The van der Waals surface area contributed by atoms with E-state index in [0.29, 0.717) is 0 Å². The predicted octanol–water partition coefficient (Wildman–Crippen LogP) is 3.23. The minimum atomic E-state index is 0.765. The number of nitrogens with one attached hydrogen (secondary N) is 1. The zero-order valence-corrected chi connectivity index (χ0v) is 14.5. The Bertz CT molecular complexity index is 471. The quantitative estimate of drug-likeness (QED) is 0.898. The second kappa shape index (κ2) is 7.12. The standard InChI is InChI=1S/C17H26BrN3/c1-19-12-14-5-6-15(11-17(14)18)21-10-7-16(13-21)20-8-3-2-4-9-20/h5-6,11,16,19H,2-4,7-10,12-13H2,1H3. The summed E-state index contributed by atoms with van der Waals surface area (Å²) in [4.78, 5) is 5.26. The van der Waals surface area contributed by atoms with Gasteiger partial charge in [0.15, 0.2) is 0 Å². The summed E-state index contributed by atoms with van der Waals surface area (Å²) in [5.74, 6) is 0. The molecular formula is C17H26BrN3. The molecular weight excluding hydrogens is 326 g/mol. The molecule has 21 heavy (non-hydrogen) atoms. The first-order valence-electron chi connectivity index (χ1n) is 8.20. The van der Waals surface area contributed by atoms with Crippen molar-refractivity contribution in [1.82, 2.24) is 10.2 Å². The van der Waals surface area contributed by atoms with Crippen molar-refractivity contribution in [2.75, 3.05) is 38.1 Å². The number of hydrogen-bond acceptors (Lipinski definition) is 3. The van der Waals surface area contributed by atoms with Crippen molar-refractivity contribution in [3.8, 4) is 0 Å². The highest BCUT2D eigenvalue weighted by Crippen LogP contribution is 2.28. The van der Waals surface area contributed by atoms with Gasteiger partial charge in [0.2, 0.25) is 0 Å². The number of nitrogens with zero attached hydrogens (tertiary/aromatic N) is 2. The minimum absolute atomic E-state index is 0.765. The summed E-state index contributed by atoms with van der Waals surface area (Å²) in [7, 11) is 1.99. The van der Waals surface area contributed by atoms with E-state index in [0.717, 1.165) is 12.6 Å². The zero-order chi connectivity index (χ0) is 14.7. The number of rotatable bonds is 4. The van der Waals surface area contributed by atoms with Crippen LogP contribution >= 0.6 is 15.9 Å². The molecule has 4 heteroatoms. The molecule has 2 aliphatic rings. The van der Waals surface area contributed by atoms with Gasteiger partial charge in [-0.2, -0.15) is 0 Å². The van der Waals surface area contributed by atoms with Crippen LogP contribution in [-0.4, -0.2) is 44.2 Å². The van der Waals surface area contributed by atoms with Gasteiger partial charge >= 0.3 is 0 Å². The lowest BCUT2D eigenvalue weighted by Crippen LogP contribution is -2.40. The van der Waals surface area contributed by atoms with Crippen LogP contribution in [0.1, 0.15) is 31.2 Å². The summed E-state index contributed by atoms with van der Waals surface area (Å²) < 4.78 is 1.22. The highest BCUT2D eigenvalue weighted by molar-refractivity contribution is 9.10. The molecule has 0 spiro atoms. The average molecular weight is 352 g/mol. The fraction of sp³-hybridized carbons (Fsp3) is 0.647. The van der Waals surface area contributed by atoms with Gasteiger partial charge in [-0.05, 0) is 57.1 Å². The monoisotopic (exact) mass is 351 g/mol. The fourth-order valence-corrected chi connectivity index (χ4v) is 4.13. The first kappa shape index (κ1) is 15.3. The molecule has 3 rings (SSSR count). The fourth-order valence-electron chi connectivity index (χ4n) is 3.62. The van der Waals surface area contributed by atoms with E-state index in [2.05, 4.69) is 49.2 Å². The van der Waals surface area contributed by atoms with Crippen molar-refractivity contribution in [2.45, 2.75) is 38.3 Å². The van der Waals surface area contributed by atoms with Crippen LogP contribution in [0.4, 0.5) is 5.69 Å². The molecule has 1 N–H and O–H groups in total. The van der Waals surface area contributed by atoms with Gasteiger partial charge in [0.1, 0.15) is 0 Å². The van der Waals surface area contributed by atoms with Crippen LogP contribution in [0, 0.1) is 0 Å². The molecule has 1 unspecified atom stereocenters. The Morgan fingerprint density at radius 1 is 1.19 bits per heavy atom. The molecule has 2 aliphatic heterocycles. The van der Waals surface area contributed by atoms with Gasteiger partial charge in [0, 0.05) is 35.8 Å². The van der Waals surface area contributed by atoms with Crippen molar-refractivity contribution in [2.24, 2.45) is 0 Å². The molecule has 1 aromatic carbocycles. The van der Waals surface area contributed by atoms with Crippen LogP contribution in [0.15, 0.2) is 22.7 Å². The van der Waals surface area contributed by atoms with Gasteiger partial charge in [0.05, 0.1) is 0 Å². The number of piperidine rings is 1.